The van der Waals surface area contributed by atoms with Gasteiger partial charge in [-0.25, -0.2) is 4.79 Å². The molecule has 2 aromatic heterocycles. The van der Waals surface area contributed by atoms with Crippen molar-refractivity contribution in [3.05, 3.63) is 74.0 Å². The van der Waals surface area contributed by atoms with E-state index in [1.807, 2.05) is 18.5 Å². The van der Waals surface area contributed by atoms with Crippen molar-refractivity contribution >= 4 is 49.4 Å². The number of halogens is 1. The first-order valence-corrected chi connectivity index (χ1v) is 8.89. The number of rotatable bonds is 4. The number of benzene rings is 2. The summed E-state index contributed by atoms with van der Waals surface area (Å²) in [4.78, 5) is 29.0. The summed E-state index contributed by atoms with van der Waals surface area (Å²) in [6.07, 6.45) is 4.26. The molecular formula is C19H14BrN3O4. The third-order valence-corrected chi connectivity index (χ3v) is 5.03. The Labute approximate surface area is 161 Å². The number of esters is 1. The molecule has 4 aromatic rings. The van der Waals surface area contributed by atoms with Gasteiger partial charge in [-0.2, -0.15) is 0 Å². The number of nitro benzene ring substituents is 1. The van der Waals surface area contributed by atoms with Crippen LogP contribution in [0.3, 0.4) is 0 Å². The third kappa shape index (κ3) is 2.97. The van der Waals surface area contributed by atoms with E-state index in [0.717, 1.165) is 31.9 Å². The van der Waals surface area contributed by atoms with Crippen molar-refractivity contribution in [3.63, 3.8) is 0 Å². The van der Waals surface area contributed by atoms with E-state index in [1.165, 1.54) is 19.2 Å². The van der Waals surface area contributed by atoms with Crippen molar-refractivity contribution in [2.24, 2.45) is 0 Å². The first-order chi connectivity index (χ1) is 13.0. The summed E-state index contributed by atoms with van der Waals surface area (Å²) in [5.74, 6) is -0.406. The van der Waals surface area contributed by atoms with Crippen molar-refractivity contribution in [3.8, 4) is 0 Å². The number of carbonyl (C=O) groups excluding carboxylic acids is 1. The fourth-order valence-electron chi connectivity index (χ4n) is 3.35. The number of nitro groups is 1. The minimum absolute atomic E-state index is 0.0424. The molecule has 0 amide bonds. The van der Waals surface area contributed by atoms with Crippen LogP contribution in [-0.4, -0.2) is 28.0 Å². The van der Waals surface area contributed by atoms with Crippen molar-refractivity contribution in [1.29, 1.82) is 0 Å². The van der Waals surface area contributed by atoms with Gasteiger partial charge in [-0.15, -0.1) is 0 Å². The molecule has 4 rings (SSSR count). The zero-order valence-corrected chi connectivity index (χ0v) is 15.8. The number of methoxy groups -OCH3 is 1. The summed E-state index contributed by atoms with van der Waals surface area (Å²) < 4.78 is 5.70. The maximum Gasteiger partial charge on any atom is 0.338 e. The Bertz CT molecular complexity index is 1210. The van der Waals surface area contributed by atoms with Crippen LogP contribution in [0.25, 0.3) is 21.8 Å². The zero-order valence-electron chi connectivity index (χ0n) is 14.2. The zero-order chi connectivity index (χ0) is 19.1. The number of hydrogen-bond donors (Lipinski definition) is 2. The van der Waals surface area contributed by atoms with Crippen LogP contribution in [-0.2, 0) is 11.2 Å². The van der Waals surface area contributed by atoms with E-state index in [2.05, 4.69) is 25.9 Å². The Hall–Kier alpha value is -3.13. The number of aromatic nitrogens is 2. The summed E-state index contributed by atoms with van der Waals surface area (Å²) in [7, 11) is 1.36. The molecule has 2 aromatic carbocycles. The number of nitrogens with one attached hydrogen (secondary N) is 2. The van der Waals surface area contributed by atoms with Crippen LogP contribution in [0.5, 0.6) is 0 Å². The Balaban J connectivity index is 1.81. The number of ether oxygens (including phenoxy) is 1. The number of nitrogens with zero attached hydrogens (tertiary/aromatic N) is 1. The number of non-ortho nitro benzene ring substituents is 1. The Morgan fingerprint density at radius 1 is 1.15 bits per heavy atom. The molecule has 8 heteroatoms. The molecule has 27 heavy (non-hydrogen) atoms. The quantitative estimate of drug-likeness (QED) is 0.280. The molecule has 0 spiro atoms. The van der Waals surface area contributed by atoms with Gasteiger partial charge in [-0.1, -0.05) is 15.9 Å². The largest absolute Gasteiger partial charge is 0.465 e. The molecule has 0 bridgehead atoms. The molecular weight excluding hydrogens is 414 g/mol. The molecule has 0 radical (unpaired) electrons. The third-order valence-electron chi connectivity index (χ3n) is 4.57. The maximum absolute atomic E-state index is 12.2. The standard InChI is InChI=1S/C19H14BrN3O4/c1-27-19(24)15-5-12(20)6-17-18(15)11(9-22-17)4-10-8-21-16-7-13(23(25)26)2-3-14(10)16/h2-3,5-9,21-22H,4H2,1H3. The molecule has 7 nitrogen and oxygen atoms in total. The Kier molecular flexibility index (Phi) is 4.19. The summed E-state index contributed by atoms with van der Waals surface area (Å²) in [5, 5.41) is 12.7. The Morgan fingerprint density at radius 3 is 2.63 bits per heavy atom. The van der Waals surface area contributed by atoms with E-state index in [0.29, 0.717) is 17.5 Å². The highest BCUT2D eigenvalue weighted by atomic mass is 79.9. The van der Waals surface area contributed by atoms with E-state index >= 15 is 0 Å². The second kappa shape index (κ2) is 6.55. The molecule has 0 aliphatic heterocycles. The predicted molar refractivity (Wildman–Crippen MR) is 105 cm³/mol. The Morgan fingerprint density at radius 2 is 1.89 bits per heavy atom. The predicted octanol–water partition coefficient (Wildman–Crippen LogP) is 4.70. The maximum atomic E-state index is 12.2. The minimum Gasteiger partial charge on any atom is -0.465 e. The molecule has 0 unspecified atom stereocenters. The molecule has 0 fully saturated rings. The van der Waals surface area contributed by atoms with Gasteiger partial charge in [0.15, 0.2) is 0 Å². The van der Waals surface area contributed by atoms with Crippen molar-refractivity contribution < 1.29 is 14.5 Å². The second-order valence-corrected chi connectivity index (χ2v) is 7.07. The minimum atomic E-state index is -0.417. The lowest BCUT2D eigenvalue weighted by atomic mass is 10.00. The van der Waals surface area contributed by atoms with Crippen LogP contribution in [0.15, 0.2) is 47.2 Å². The molecule has 0 saturated heterocycles. The molecule has 2 N–H and O–H groups in total. The van der Waals surface area contributed by atoms with E-state index in [4.69, 9.17) is 4.74 Å². The number of H-pyrrole nitrogens is 2. The topological polar surface area (TPSA) is 101 Å². The smallest absolute Gasteiger partial charge is 0.338 e. The highest BCUT2D eigenvalue weighted by Crippen LogP contribution is 2.31. The fourth-order valence-corrected chi connectivity index (χ4v) is 3.81. The summed E-state index contributed by atoms with van der Waals surface area (Å²) >= 11 is 3.41. The van der Waals surface area contributed by atoms with E-state index in [-0.39, 0.29) is 5.69 Å². The number of hydrogen-bond acceptors (Lipinski definition) is 4. The number of carbonyl (C=O) groups is 1. The highest BCUT2D eigenvalue weighted by molar-refractivity contribution is 9.10. The molecule has 2 heterocycles. The first-order valence-electron chi connectivity index (χ1n) is 8.10. The fraction of sp³-hybridized carbons (Fsp3) is 0.105. The van der Waals surface area contributed by atoms with Crippen LogP contribution in [0.1, 0.15) is 21.5 Å². The SMILES string of the molecule is COC(=O)c1cc(Br)cc2[nH]cc(Cc3c[nH]c4cc([N+](=O)[O-])ccc34)c12. The molecule has 0 aliphatic rings. The number of fused-ring (bicyclic) bond motifs is 2. The van der Waals surface area contributed by atoms with Gasteiger partial charge < -0.3 is 14.7 Å². The van der Waals surface area contributed by atoms with Gasteiger partial charge in [0, 0.05) is 51.7 Å². The van der Waals surface area contributed by atoms with Crippen LogP contribution >= 0.6 is 15.9 Å². The molecule has 0 atom stereocenters. The van der Waals surface area contributed by atoms with Crippen LogP contribution < -0.4 is 0 Å². The van der Waals surface area contributed by atoms with Crippen LogP contribution in [0.2, 0.25) is 0 Å². The normalized spacial score (nSPS) is 11.2. The van der Waals surface area contributed by atoms with Crippen molar-refractivity contribution in [2.45, 2.75) is 6.42 Å². The molecule has 0 aliphatic carbocycles. The second-order valence-electron chi connectivity index (χ2n) is 6.16. The monoisotopic (exact) mass is 427 g/mol. The lowest BCUT2D eigenvalue weighted by molar-refractivity contribution is -0.384. The van der Waals surface area contributed by atoms with Crippen molar-refractivity contribution in [2.75, 3.05) is 7.11 Å². The van der Waals surface area contributed by atoms with Gasteiger partial charge in [0.1, 0.15) is 0 Å². The van der Waals surface area contributed by atoms with Crippen molar-refractivity contribution in [1.82, 2.24) is 9.97 Å². The highest BCUT2D eigenvalue weighted by Gasteiger charge is 2.18. The van der Waals surface area contributed by atoms with Gasteiger partial charge in [0.2, 0.25) is 0 Å². The van der Waals surface area contributed by atoms with Crippen LogP contribution in [0.4, 0.5) is 5.69 Å². The average Bonchev–Trinajstić information content (AvgIpc) is 3.24. The van der Waals surface area contributed by atoms with E-state index in [9.17, 15) is 14.9 Å². The van der Waals surface area contributed by atoms with Crippen LogP contribution in [0, 0.1) is 10.1 Å². The van der Waals surface area contributed by atoms with Gasteiger partial charge in [0.05, 0.1) is 23.1 Å². The van der Waals surface area contributed by atoms with Gasteiger partial charge in [0.25, 0.3) is 5.69 Å². The number of aromatic amines is 2. The molecule has 136 valence electrons. The van der Waals surface area contributed by atoms with E-state index < -0.39 is 10.9 Å². The van der Waals surface area contributed by atoms with E-state index in [1.54, 1.807) is 12.1 Å². The average molecular weight is 428 g/mol. The summed E-state index contributed by atoms with van der Waals surface area (Å²) in [6, 6.07) is 8.40. The van der Waals surface area contributed by atoms with Gasteiger partial charge >= 0.3 is 5.97 Å². The van der Waals surface area contributed by atoms with Gasteiger partial charge in [-0.05, 0) is 29.3 Å². The van der Waals surface area contributed by atoms with Gasteiger partial charge in [-0.3, -0.25) is 10.1 Å². The lowest BCUT2D eigenvalue weighted by Crippen LogP contribution is -2.03. The summed E-state index contributed by atoms with van der Waals surface area (Å²) in [5.41, 5.74) is 3.98. The molecule has 0 saturated carbocycles. The first kappa shape index (κ1) is 17.3. The summed E-state index contributed by atoms with van der Waals surface area (Å²) in [6.45, 7) is 0. The lowest BCUT2D eigenvalue weighted by Gasteiger charge is -2.06.